The summed E-state index contributed by atoms with van der Waals surface area (Å²) in [6.07, 6.45) is 0.290. The van der Waals surface area contributed by atoms with E-state index in [0.717, 1.165) is 6.42 Å². The number of carbonyl (C=O) groups is 2. The Morgan fingerprint density at radius 1 is 1.21 bits per heavy atom. The Labute approximate surface area is 153 Å². The fraction of sp³-hybridized carbons (Fsp3) is 0.529. The highest BCUT2D eigenvalue weighted by Gasteiger charge is 2.20. The van der Waals surface area contributed by atoms with Crippen LogP contribution in [-0.4, -0.2) is 43.0 Å². The highest BCUT2D eigenvalue weighted by Crippen LogP contribution is 2.29. The van der Waals surface area contributed by atoms with Gasteiger partial charge in [0.2, 0.25) is 5.91 Å². The fourth-order valence-electron chi connectivity index (χ4n) is 1.95. The number of amides is 2. The third kappa shape index (κ3) is 6.67. The van der Waals surface area contributed by atoms with Crippen LogP contribution in [0.3, 0.4) is 0 Å². The highest BCUT2D eigenvalue weighted by atomic mass is 35.5. The van der Waals surface area contributed by atoms with Crippen molar-refractivity contribution < 1.29 is 14.3 Å². The van der Waals surface area contributed by atoms with E-state index >= 15 is 0 Å². The Hall–Kier alpha value is -1.30. The van der Waals surface area contributed by atoms with Crippen molar-refractivity contribution in [3.05, 3.63) is 28.2 Å². The van der Waals surface area contributed by atoms with E-state index in [-0.39, 0.29) is 18.4 Å². The van der Waals surface area contributed by atoms with Gasteiger partial charge in [-0.3, -0.25) is 9.59 Å². The van der Waals surface area contributed by atoms with Gasteiger partial charge >= 0.3 is 0 Å². The summed E-state index contributed by atoms with van der Waals surface area (Å²) in [6, 6.07) is 4.94. The van der Waals surface area contributed by atoms with Gasteiger partial charge in [0.05, 0.1) is 22.3 Å². The summed E-state index contributed by atoms with van der Waals surface area (Å²) >= 11 is 12.0. The molecule has 1 aromatic rings. The molecular weight excluding hydrogens is 351 g/mol. The molecule has 0 saturated carbocycles. The van der Waals surface area contributed by atoms with E-state index < -0.39 is 6.10 Å². The Bertz CT molecular complexity index is 559. The summed E-state index contributed by atoms with van der Waals surface area (Å²) in [7, 11) is 1.55. The summed E-state index contributed by atoms with van der Waals surface area (Å²) in [5, 5.41) is 3.31. The maximum Gasteiger partial charge on any atom is 0.251 e. The first-order valence-corrected chi connectivity index (χ1v) is 8.58. The first-order chi connectivity index (χ1) is 11.2. The number of likely N-dealkylation sites (N-methyl/N-ethyl adjacent to an activating group) is 1. The van der Waals surface area contributed by atoms with Crippen LogP contribution in [0.25, 0.3) is 0 Å². The molecular formula is C17H24Cl2N2O3. The van der Waals surface area contributed by atoms with Gasteiger partial charge in [-0.25, -0.2) is 0 Å². The summed E-state index contributed by atoms with van der Waals surface area (Å²) in [5.74, 6) is -0.120. The van der Waals surface area contributed by atoms with Gasteiger partial charge in [0.25, 0.3) is 5.91 Å². The van der Waals surface area contributed by atoms with E-state index in [9.17, 15) is 9.59 Å². The van der Waals surface area contributed by atoms with Gasteiger partial charge in [0.15, 0.2) is 0 Å². The maximum absolute atomic E-state index is 12.2. The van der Waals surface area contributed by atoms with Crippen molar-refractivity contribution in [2.75, 3.05) is 25.5 Å². The highest BCUT2D eigenvalue weighted by molar-refractivity contribution is 6.39. The SMILES string of the molecule is CC(C)CCOC(C)C(=O)N(C)CC(=O)Nc1c(Cl)cccc1Cl. The molecule has 5 nitrogen and oxygen atoms in total. The van der Waals surface area contributed by atoms with E-state index in [0.29, 0.717) is 28.3 Å². The van der Waals surface area contributed by atoms with E-state index in [2.05, 4.69) is 19.2 Å². The molecule has 0 spiro atoms. The van der Waals surface area contributed by atoms with Gasteiger partial charge < -0.3 is 15.0 Å². The van der Waals surface area contributed by atoms with Crippen LogP contribution in [-0.2, 0) is 14.3 Å². The minimum absolute atomic E-state index is 0.113. The first kappa shape index (κ1) is 20.7. The van der Waals surface area contributed by atoms with E-state index in [4.69, 9.17) is 27.9 Å². The summed E-state index contributed by atoms with van der Waals surface area (Å²) in [4.78, 5) is 25.6. The van der Waals surface area contributed by atoms with Gasteiger partial charge in [0.1, 0.15) is 6.10 Å². The lowest BCUT2D eigenvalue weighted by atomic mass is 10.1. The number of halogens is 2. The van der Waals surface area contributed by atoms with E-state index in [1.54, 1.807) is 32.2 Å². The van der Waals surface area contributed by atoms with Crippen LogP contribution < -0.4 is 5.32 Å². The van der Waals surface area contributed by atoms with E-state index in [1.807, 2.05) is 0 Å². The predicted molar refractivity (Wildman–Crippen MR) is 97.6 cm³/mol. The Morgan fingerprint density at radius 2 is 1.79 bits per heavy atom. The lowest BCUT2D eigenvalue weighted by Gasteiger charge is -2.21. The van der Waals surface area contributed by atoms with Gasteiger partial charge in [-0.15, -0.1) is 0 Å². The van der Waals surface area contributed by atoms with Gasteiger partial charge in [-0.05, 0) is 31.4 Å². The molecule has 0 bridgehead atoms. The number of hydrogen-bond acceptors (Lipinski definition) is 3. The molecule has 134 valence electrons. The number of nitrogens with one attached hydrogen (secondary N) is 1. The number of anilines is 1. The molecule has 1 atom stereocenters. The monoisotopic (exact) mass is 374 g/mol. The second-order valence-electron chi connectivity index (χ2n) is 6.03. The van der Waals surface area contributed by atoms with Crippen molar-refractivity contribution in [1.82, 2.24) is 4.90 Å². The molecule has 0 saturated heterocycles. The van der Waals surface area contributed by atoms with Gasteiger partial charge in [0, 0.05) is 13.7 Å². The largest absolute Gasteiger partial charge is 0.369 e. The number of rotatable bonds is 8. The number of benzene rings is 1. The molecule has 1 unspecified atom stereocenters. The van der Waals surface area contributed by atoms with Gasteiger partial charge in [-0.1, -0.05) is 43.1 Å². The minimum Gasteiger partial charge on any atom is -0.369 e. The van der Waals surface area contributed by atoms with Crippen molar-refractivity contribution in [1.29, 1.82) is 0 Å². The second-order valence-corrected chi connectivity index (χ2v) is 6.85. The Balaban J connectivity index is 2.52. The van der Waals surface area contributed by atoms with Crippen LogP contribution in [0.4, 0.5) is 5.69 Å². The van der Waals surface area contributed by atoms with E-state index in [1.165, 1.54) is 4.90 Å². The van der Waals surface area contributed by atoms with Crippen molar-refractivity contribution in [3.8, 4) is 0 Å². The van der Waals surface area contributed by atoms with Crippen molar-refractivity contribution in [3.63, 3.8) is 0 Å². The topological polar surface area (TPSA) is 58.6 Å². The molecule has 24 heavy (non-hydrogen) atoms. The second kappa shape index (κ2) is 9.87. The van der Waals surface area contributed by atoms with Crippen molar-refractivity contribution >= 4 is 40.7 Å². The van der Waals surface area contributed by atoms with Gasteiger partial charge in [-0.2, -0.15) is 0 Å². The predicted octanol–water partition coefficient (Wildman–Crippen LogP) is 3.84. The van der Waals surface area contributed by atoms with Crippen molar-refractivity contribution in [2.24, 2.45) is 5.92 Å². The van der Waals surface area contributed by atoms with Crippen LogP contribution in [0.5, 0.6) is 0 Å². The quantitative estimate of drug-likeness (QED) is 0.751. The zero-order chi connectivity index (χ0) is 18.3. The van der Waals surface area contributed by atoms with Crippen molar-refractivity contribution in [2.45, 2.75) is 33.3 Å². The third-order valence-corrected chi connectivity index (χ3v) is 4.02. The van der Waals surface area contributed by atoms with Crippen LogP contribution in [0.1, 0.15) is 27.2 Å². The van der Waals surface area contributed by atoms with Crippen LogP contribution >= 0.6 is 23.2 Å². The van der Waals surface area contributed by atoms with Crippen LogP contribution in [0.15, 0.2) is 18.2 Å². The summed E-state index contributed by atoms with van der Waals surface area (Å²) < 4.78 is 5.51. The number of carbonyl (C=O) groups excluding carboxylic acids is 2. The molecule has 1 rings (SSSR count). The molecule has 0 fully saturated rings. The maximum atomic E-state index is 12.2. The number of hydrogen-bond donors (Lipinski definition) is 1. The average molecular weight is 375 g/mol. The van der Waals surface area contributed by atoms with Crippen LogP contribution in [0.2, 0.25) is 10.0 Å². The lowest BCUT2D eigenvalue weighted by molar-refractivity contribution is -0.143. The molecule has 1 aromatic carbocycles. The fourth-order valence-corrected chi connectivity index (χ4v) is 2.44. The minimum atomic E-state index is -0.592. The molecule has 7 heteroatoms. The summed E-state index contributed by atoms with van der Waals surface area (Å²) in [5.41, 5.74) is 0.341. The molecule has 0 aromatic heterocycles. The lowest BCUT2D eigenvalue weighted by Crippen LogP contribution is -2.41. The zero-order valence-electron chi connectivity index (χ0n) is 14.4. The zero-order valence-corrected chi connectivity index (χ0v) is 15.9. The normalized spacial score (nSPS) is 12.1. The number of para-hydroxylation sites is 1. The molecule has 2 amide bonds. The third-order valence-electron chi connectivity index (χ3n) is 3.40. The molecule has 0 aliphatic carbocycles. The van der Waals surface area contributed by atoms with Crippen LogP contribution in [0, 0.1) is 5.92 Å². The molecule has 0 aliphatic heterocycles. The number of ether oxygens (including phenoxy) is 1. The molecule has 1 N–H and O–H groups in total. The Morgan fingerprint density at radius 3 is 2.33 bits per heavy atom. The Kier molecular flexibility index (Phi) is 8.53. The first-order valence-electron chi connectivity index (χ1n) is 7.82. The number of nitrogens with zero attached hydrogens (tertiary/aromatic N) is 1. The molecule has 0 heterocycles. The standard InChI is InChI=1S/C17H24Cl2N2O3/c1-11(2)8-9-24-12(3)17(23)21(4)10-15(22)20-16-13(18)6-5-7-14(16)19/h5-7,11-12H,8-10H2,1-4H3,(H,20,22). The molecule has 0 radical (unpaired) electrons. The average Bonchev–Trinajstić information content (AvgIpc) is 2.49. The smallest absolute Gasteiger partial charge is 0.251 e. The summed E-state index contributed by atoms with van der Waals surface area (Å²) in [6.45, 7) is 6.26. The molecule has 0 aliphatic rings.